The maximum absolute atomic E-state index is 5.37. The molecule has 0 amide bonds. The Hall–Kier alpha value is -0.890. The van der Waals surface area contributed by atoms with Crippen LogP contribution in [-0.2, 0) is 11.2 Å². The average Bonchev–Trinajstić information content (AvgIpc) is 2.46. The van der Waals surface area contributed by atoms with Gasteiger partial charge in [0.2, 0.25) is 0 Å². The highest BCUT2D eigenvalue weighted by Gasteiger charge is 2.15. The van der Waals surface area contributed by atoms with E-state index in [0.717, 1.165) is 25.5 Å². The van der Waals surface area contributed by atoms with Crippen LogP contribution >= 0.6 is 24.0 Å². The van der Waals surface area contributed by atoms with E-state index in [0.29, 0.717) is 6.54 Å². The van der Waals surface area contributed by atoms with Gasteiger partial charge in [0.15, 0.2) is 5.96 Å². The third-order valence-corrected chi connectivity index (χ3v) is 2.94. The highest BCUT2D eigenvalue weighted by Crippen LogP contribution is 2.06. The van der Waals surface area contributed by atoms with Crippen LogP contribution in [0.5, 0.6) is 0 Å². The Morgan fingerprint density at radius 2 is 2.14 bits per heavy atom. The Balaban J connectivity index is 0.00000400. The Labute approximate surface area is 145 Å². The molecule has 6 heteroatoms. The Morgan fingerprint density at radius 1 is 1.38 bits per heavy atom. The van der Waals surface area contributed by atoms with Gasteiger partial charge in [0.1, 0.15) is 0 Å². The Kier molecular flexibility index (Phi) is 10.3. The van der Waals surface area contributed by atoms with Gasteiger partial charge in [-0.1, -0.05) is 6.07 Å². The predicted octanol–water partition coefficient (Wildman–Crippen LogP) is 2.22. The number of pyridine rings is 1. The molecule has 0 bridgehead atoms. The van der Waals surface area contributed by atoms with Crippen LogP contribution in [0.4, 0.5) is 0 Å². The van der Waals surface area contributed by atoms with Gasteiger partial charge in [0, 0.05) is 32.6 Å². The molecule has 1 aromatic rings. The van der Waals surface area contributed by atoms with Crippen LogP contribution in [0.1, 0.15) is 26.3 Å². The van der Waals surface area contributed by atoms with Crippen LogP contribution < -0.4 is 10.6 Å². The topological polar surface area (TPSA) is 58.5 Å². The van der Waals surface area contributed by atoms with Crippen molar-refractivity contribution in [3.05, 3.63) is 30.1 Å². The van der Waals surface area contributed by atoms with E-state index in [1.165, 1.54) is 5.56 Å². The molecule has 0 fully saturated rings. The van der Waals surface area contributed by atoms with Crippen molar-refractivity contribution >= 4 is 29.9 Å². The van der Waals surface area contributed by atoms with Crippen molar-refractivity contribution in [3.63, 3.8) is 0 Å². The fourth-order valence-electron chi connectivity index (χ4n) is 1.55. The molecule has 2 N–H and O–H groups in total. The van der Waals surface area contributed by atoms with E-state index in [1.54, 1.807) is 13.3 Å². The molecule has 0 aromatic carbocycles. The quantitative estimate of drug-likeness (QED) is 0.414. The van der Waals surface area contributed by atoms with Crippen molar-refractivity contribution in [1.29, 1.82) is 0 Å². The summed E-state index contributed by atoms with van der Waals surface area (Å²) in [5.41, 5.74) is 0.971. The minimum atomic E-state index is -0.244. The summed E-state index contributed by atoms with van der Waals surface area (Å²) in [5, 5.41) is 6.55. The summed E-state index contributed by atoms with van der Waals surface area (Å²) < 4.78 is 5.37. The first kappa shape index (κ1) is 20.1. The van der Waals surface area contributed by atoms with Crippen LogP contribution in [0.3, 0.4) is 0 Å². The lowest BCUT2D eigenvalue weighted by molar-refractivity contribution is 0.0310. The second kappa shape index (κ2) is 10.8. The molecule has 0 atom stereocenters. The third kappa shape index (κ3) is 8.87. The molecule has 21 heavy (non-hydrogen) atoms. The molecule has 0 aliphatic heterocycles. The van der Waals surface area contributed by atoms with Crippen LogP contribution in [-0.4, -0.2) is 43.3 Å². The summed E-state index contributed by atoms with van der Waals surface area (Å²) in [7, 11) is 1.71. The van der Waals surface area contributed by atoms with Gasteiger partial charge in [-0.2, -0.15) is 0 Å². The number of ether oxygens (including phenoxy) is 1. The van der Waals surface area contributed by atoms with Crippen molar-refractivity contribution in [3.8, 4) is 0 Å². The van der Waals surface area contributed by atoms with E-state index in [4.69, 9.17) is 4.74 Å². The third-order valence-electron chi connectivity index (χ3n) is 2.94. The van der Waals surface area contributed by atoms with Gasteiger partial charge >= 0.3 is 0 Å². The summed E-state index contributed by atoms with van der Waals surface area (Å²) in [6, 6.07) is 4.03. The zero-order valence-electron chi connectivity index (χ0n) is 13.3. The number of aliphatic imine (C=N–C) groups is 1. The molecule has 0 radical (unpaired) electrons. The molecule has 120 valence electrons. The molecule has 0 saturated heterocycles. The van der Waals surface area contributed by atoms with E-state index in [9.17, 15) is 0 Å². The van der Waals surface area contributed by atoms with Crippen LogP contribution in [0.2, 0.25) is 0 Å². The minimum absolute atomic E-state index is 0. The number of nitrogens with one attached hydrogen (secondary N) is 2. The number of guanidine groups is 1. The van der Waals surface area contributed by atoms with Crippen molar-refractivity contribution in [2.24, 2.45) is 4.99 Å². The SMILES string of the molecule is CCNC(=NCC(C)(C)OC)NCCc1cccnc1.I. The van der Waals surface area contributed by atoms with Gasteiger partial charge < -0.3 is 15.4 Å². The van der Waals surface area contributed by atoms with Gasteiger partial charge in [-0.3, -0.25) is 9.98 Å². The zero-order chi connectivity index (χ0) is 14.8. The standard InChI is InChI=1S/C15H26N4O.HI/c1-5-17-14(19-12-15(2,3)20-4)18-10-8-13-7-6-9-16-11-13;/h6-7,9,11H,5,8,10,12H2,1-4H3,(H2,17,18,19);1H. The summed E-state index contributed by atoms with van der Waals surface area (Å²) >= 11 is 0. The zero-order valence-corrected chi connectivity index (χ0v) is 15.7. The van der Waals surface area contributed by atoms with Gasteiger partial charge in [0.25, 0.3) is 0 Å². The Bertz CT molecular complexity index is 409. The maximum Gasteiger partial charge on any atom is 0.191 e. The van der Waals surface area contributed by atoms with Crippen molar-refractivity contribution in [1.82, 2.24) is 15.6 Å². The smallest absolute Gasteiger partial charge is 0.191 e. The first-order valence-corrected chi connectivity index (χ1v) is 7.03. The fourth-order valence-corrected chi connectivity index (χ4v) is 1.55. The first-order valence-electron chi connectivity index (χ1n) is 7.03. The highest BCUT2D eigenvalue weighted by molar-refractivity contribution is 14.0. The molecule has 0 aliphatic carbocycles. The van der Waals surface area contributed by atoms with Gasteiger partial charge in [-0.25, -0.2) is 0 Å². The monoisotopic (exact) mass is 406 g/mol. The second-order valence-electron chi connectivity index (χ2n) is 5.20. The molecule has 0 spiro atoms. The molecule has 5 nitrogen and oxygen atoms in total. The van der Waals surface area contributed by atoms with E-state index in [1.807, 2.05) is 26.1 Å². The van der Waals surface area contributed by atoms with Crippen LogP contribution in [0.25, 0.3) is 0 Å². The Morgan fingerprint density at radius 3 is 2.71 bits per heavy atom. The van der Waals surface area contributed by atoms with Crippen molar-refractivity contribution in [2.45, 2.75) is 32.8 Å². The summed E-state index contributed by atoms with van der Waals surface area (Å²) in [5.74, 6) is 0.821. The first-order chi connectivity index (χ1) is 9.57. The second-order valence-corrected chi connectivity index (χ2v) is 5.20. The van der Waals surface area contributed by atoms with Crippen molar-refractivity contribution in [2.75, 3.05) is 26.7 Å². The highest BCUT2D eigenvalue weighted by atomic mass is 127. The molecule has 0 saturated carbocycles. The van der Waals surface area contributed by atoms with Crippen LogP contribution in [0.15, 0.2) is 29.5 Å². The van der Waals surface area contributed by atoms with Gasteiger partial charge in [0.05, 0.1) is 12.1 Å². The summed E-state index contributed by atoms with van der Waals surface area (Å²) in [4.78, 5) is 8.65. The minimum Gasteiger partial charge on any atom is -0.377 e. The lowest BCUT2D eigenvalue weighted by Gasteiger charge is -2.21. The fraction of sp³-hybridized carbons (Fsp3) is 0.600. The average molecular weight is 406 g/mol. The molecular formula is C15H27IN4O. The van der Waals surface area contributed by atoms with E-state index >= 15 is 0 Å². The summed E-state index contributed by atoms with van der Waals surface area (Å²) in [6.07, 6.45) is 4.60. The largest absolute Gasteiger partial charge is 0.377 e. The van der Waals surface area contributed by atoms with Crippen LogP contribution in [0, 0.1) is 0 Å². The summed E-state index contributed by atoms with van der Waals surface area (Å²) in [6.45, 7) is 8.38. The molecule has 0 unspecified atom stereocenters. The molecule has 1 aromatic heterocycles. The maximum atomic E-state index is 5.37. The number of rotatable bonds is 7. The predicted molar refractivity (Wildman–Crippen MR) is 98.4 cm³/mol. The lowest BCUT2D eigenvalue weighted by atomic mass is 10.1. The number of aromatic nitrogens is 1. The van der Waals surface area contributed by atoms with Gasteiger partial charge in [-0.15, -0.1) is 24.0 Å². The number of nitrogens with zero attached hydrogens (tertiary/aromatic N) is 2. The van der Waals surface area contributed by atoms with Crippen molar-refractivity contribution < 1.29 is 4.74 Å². The normalized spacial score (nSPS) is 11.7. The van der Waals surface area contributed by atoms with E-state index in [-0.39, 0.29) is 29.6 Å². The molecular weight excluding hydrogens is 379 g/mol. The van der Waals surface area contributed by atoms with Gasteiger partial charge in [-0.05, 0) is 38.8 Å². The molecule has 1 heterocycles. The van der Waals surface area contributed by atoms with E-state index < -0.39 is 0 Å². The molecule has 1 rings (SSSR count). The number of methoxy groups -OCH3 is 1. The number of halogens is 1. The number of hydrogen-bond acceptors (Lipinski definition) is 3. The van der Waals surface area contributed by atoms with E-state index in [2.05, 4.69) is 33.6 Å². The lowest BCUT2D eigenvalue weighted by Crippen LogP contribution is -2.40. The molecule has 0 aliphatic rings. The number of hydrogen-bond donors (Lipinski definition) is 2.